The van der Waals surface area contributed by atoms with Gasteiger partial charge < -0.3 is 0 Å². The highest BCUT2D eigenvalue weighted by atomic mass is 35.5. The van der Waals surface area contributed by atoms with Gasteiger partial charge in [0.05, 0.1) is 10.6 Å². The van der Waals surface area contributed by atoms with Crippen LogP contribution in [0.1, 0.15) is 5.56 Å². The number of carbonyl (C=O) groups excluding carboxylic acids is 1. The molecule has 11 heteroatoms. The van der Waals surface area contributed by atoms with E-state index in [1.807, 2.05) is 6.92 Å². The average Bonchev–Trinajstić information content (AvgIpc) is 3.28. The number of hydrogen-bond acceptors (Lipinski definition) is 6. The van der Waals surface area contributed by atoms with E-state index in [-0.39, 0.29) is 15.7 Å². The summed E-state index contributed by atoms with van der Waals surface area (Å²) < 4.78 is 27.8. The molecule has 4 rings (SSSR count). The zero-order valence-electron chi connectivity index (χ0n) is 17.8. The van der Waals surface area contributed by atoms with Crippen molar-refractivity contribution >= 4 is 61.3 Å². The van der Waals surface area contributed by atoms with Crippen LogP contribution >= 0.6 is 34.5 Å². The van der Waals surface area contributed by atoms with Crippen molar-refractivity contribution in [3.63, 3.8) is 0 Å². The van der Waals surface area contributed by atoms with E-state index < -0.39 is 22.5 Å². The molecule has 3 aromatic carbocycles. The first-order chi connectivity index (χ1) is 16.2. The molecule has 0 spiro atoms. The Morgan fingerprint density at radius 1 is 1.00 bits per heavy atom. The summed E-state index contributed by atoms with van der Waals surface area (Å²) in [5, 5.41) is 12.5. The highest BCUT2D eigenvalue weighted by molar-refractivity contribution is 7.92. The summed E-state index contributed by atoms with van der Waals surface area (Å²) in [6.45, 7) is 1.33. The van der Waals surface area contributed by atoms with Crippen molar-refractivity contribution in [1.82, 2.24) is 10.2 Å². The molecule has 0 radical (unpaired) electrons. The molecule has 1 N–H and O–H groups in total. The van der Waals surface area contributed by atoms with Crippen LogP contribution in [0.5, 0.6) is 0 Å². The van der Waals surface area contributed by atoms with E-state index >= 15 is 0 Å². The van der Waals surface area contributed by atoms with E-state index in [2.05, 4.69) is 15.5 Å². The maximum absolute atomic E-state index is 13.4. The first-order valence-corrected chi connectivity index (χ1v) is 13.0. The predicted octanol–water partition coefficient (Wildman–Crippen LogP) is 5.65. The number of rotatable bonds is 7. The third-order valence-corrected chi connectivity index (χ3v) is 8.16. The van der Waals surface area contributed by atoms with Crippen LogP contribution in [0, 0.1) is 6.92 Å². The normalized spacial score (nSPS) is 11.3. The van der Waals surface area contributed by atoms with Gasteiger partial charge in [0, 0.05) is 15.6 Å². The fraction of sp³-hybridized carbons (Fsp3) is 0.0870. The topological polar surface area (TPSA) is 92.3 Å². The molecule has 1 aromatic heterocycles. The lowest BCUT2D eigenvalue weighted by Crippen LogP contribution is -2.38. The van der Waals surface area contributed by atoms with Gasteiger partial charge in [0.2, 0.25) is 11.0 Å². The molecular weight excluding hydrogens is 515 g/mol. The molecule has 0 aliphatic heterocycles. The van der Waals surface area contributed by atoms with Crippen LogP contribution in [0.25, 0.3) is 10.6 Å². The van der Waals surface area contributed by atoms with E-state index in [9.17, 15) is 13.2 Å². The Morgan fingerprint density at radius 2 is 1.71 bits per heavy atom. The smallest absolute Gasteiger partial charge is 0.264 e. The monoisotopic (exact) mass is 532 g/mol. The number of sulfonamides is 1. The van der Waals surface area contributed by atoms with Gasteiger partial charge in [0.15, 0.2) is 0 Å². The number of anilines is 2. The zero-order valence-corrected chi connectivity index (χ0v) is 20.9. The van der Waals surface area contributed by atoms with Crippen molar-refractivity contribution in [2.24, 2.45) is 0 Å². The van der Waals surface area contributed by atoms with Gasteiger partial charge in [-0.3, -0.25) is 14.4 Å². The minimum absolute atomic E-state index is 0.0560. The molecule has 0 fully saturated rings. The molecule has 174 valence electrons. The van der Waals surface area contributed by atoms with Crippen LogP contribution in [0.4, 0.5) is 10.8 Å². The highest BCUT2D eigenvalue weighted by Gasteiger charge is 2.28. The first-order valence-electron chi connectivity index (χ1n) is 9.97. The van der Waals surface area contributed by atoms with Gasteiger partial charge in [-0.15, -0.1) is 10.2 Å². The van der Waals surface area contributed by atoms with Crippen LogP contribution in [0.2, 0.25) is 10.0 Å². The third-order valence-electron chi connectivity index (χ3n) is 4.82. The number of carbonyl (C=O) groups is 1. The Hall–Kier alpha value is -2.98. The molecule has 1 heterocycles. The van der Waals surface area contributed by atoms with E-state index in [0.29, 0.717) is 15.1 Å². The first kappa shape index (κ1) is 24.2. The average molecular weight is 533 g/mol. The summed E-state index contributed by atoms with van der Waals surface area (Å²) in [6.07, 6.45) is 0. The van der Waals surface area contributed by atoms with Crippen molar-refractivity contribution in [2.45, 2.75) is 11.8 Å². The molecule has 1 amide bonds. The Kier molecular flexibility index (Phi) is 7.18. The summed E-state index contributed by atoms with van der Waals surface area (Å²) in [5.41, 5.74) is 1.86. The molecule has 7 nitrogen and oxygen atoms in total. The summed E-state index contributed by atoms with van der Waals surface area (Å²) >= 11 is 13.3. The number of amides is 1. The van der Waals surface area contributed by atoms with Gasteiger partial charge in [-0.1, -0.05) is 70.9 Å². The SMILES string of the molecule is Cc1ccc(N(CC(=O)Nc2nnc(-c3ccc(Cl)cc3)s2)S(=O)(=O)c2ccccc2)cc1Cl. The number of aromatic nitrogens is 2. The minimum atomic E-state index is -4.04. The van der Waals surface area contributed by atoms with E-state index in [4.69, 9.17) is 23.2 Å². The van der Waals surface area contributed by atoms with Gasteiger partial charge in [-0.05, 0) is 48.9 Å². The molecule has 4 aromatic rings. The van der Waals surface area contributed by atoms with Crippen LogP contribution in [0.15, 0.2) is 77.7 Å². The lowest BCUT2D eigenvalue weighted by atomic mass is 10.2. The second-order valence-corrected chi connectivity index (χ2v) is 10.9. The van der Waals surface area contributed by atoms with Gasteiger partial charge in [0.1, 0.15) is 11.6 Å². The molecule has 0 aliphatic carbocycles. The van der Waals surface area contributed by atoms with Crippen molar-refractivity contribution in [3.8, 4) is 10.6 Å². The minimum Gasteiger partial charge on any atom is -0.299 e. The van der Waals surface area contributed by atoms with Gasteiger partial charge in [-0.25, -0.2) is 8.42 Å². The summed E-state index contributed by atoms with van der Waals surface area (Å²) in [7, 11) is -4.04. The highest BCUT2D eigenvalue weighted by Crippen LogP contribution is 2.29. The fourth-order valence-corrected chi connectivity index (χ4v) is 5.54. The molecule has 34 heavy (non-hydrogen) atoms. The van der Waals surface area contributed by atoms with Crippen LogP contribution in [0.3, 0.4) is 0 Å². The van der Waals surface area contributed by atoms with E-state index in [0.717, 1.165) is 15.4 Å². The number of benzene rings is 3. The molecule has 0 atom stereocenters. The molecule has 0 unspecified atom stereocenters. The number of aryl methyl sites for hydroxylation is 1. The Morgan fingerprint density at radius 3 is 2.38 bits per heavy atom. The maximum atomic E-state index is 13.4. The van der Waals surface area contributed by atoms with Crippen LogP contribution in [-0.2, 0) is 14.8 Å². The number of nitrogens with zero attached hydrogens (tertiary/aromatic N) is 3. The number of nitrogens with one attached hydrogen (secondary N) is 1. The van der Waals surface area contributed by atoms with E-state index in [1.54, 1.807) is 54.6 Å². The summed E-state index contributed by atoms with van der Waals surface area (Å²) in [6, 6.07) is 19.8. The standard InChI is InChI=1S/C23H18Cl2N4O3S2/c1-15-7-12-18(13-20(15)25)29(34(31,32)19-5-3-2-4-6-19)14-21(30)26-23-28-27-22(33-23)16-8-10-17(24)11-9-16/h2-13H,14H2,1H3,(H,26,28,30). The molecule has 0 bridgehead atoms. The number of hydrogen-bond donors (Lipinski definition) is 1. The van der Waals surface area contributed by atoms with Gasteiger partial charge in [-0.2, -0.15) is 0 Å². The predicted molar refractivity (Wildman–Crippen MR) is 136 cm³/mol. The Balaban J connectivity index is 1.60. The third kappa shape index (κ3) is 5.39. The van der Waals surface area contributed by atoms with Crippen molar-refractivity contribution in [1.29, 1.82) is 0 Å². The quantitative estimate of drug-likeness (QED) is 0.331. The van der Waals surface area contributed by atoms with Crippen molar-refractivity contribution in [3.05, 3.63) is 88.4 Å². The van der Waals surface area contributed by atoms with Crippen molar-refractivity contribution < 1.29 is 13.2 Å². The molecule has 0 saturated carbocycles. The number of halogens is 2. The van der Waals surface area contributed by atoms with Crippen molar-refractivity contribution in [2.75, 3.05) is 16.2 Å². The van der Waals surface area contributed by atoms with Crippen LogP contribution in [-0.4, -0.2) is 31.1 Å². The van der Waals surface area contributed by atoms with Crippen LogP contribution < -0.4 is 9.62 Å². The summed E-state index contributed by atoms with van der Waals surface area (Å²) in [4.78, 5) is 12.9. The molecular formula is C23H18Cl2N4O3S2. The second-order valence-electron chi connectivity index (χ2n) is 7.23. The lowest BCUT2D eigenvalue weighted by molar-refractivity contribution is -0.114. The largest absolute Gasteiger partial charge is 0.299 e. The molecule has 0 saturated heterocycles. The maximum Gasteiger partial charge on any atom is 0.264 e. The Labute approximate surface area is 211 Å². The van der Waals surface area contributed by atoms with E-state index in [1.165, 1.54) is 29.5 Å². The Bertz CT molecular complexity index is 1430. The molecule has 0 aliphatic rings. The second kappa shape index (κ2) is 10.1. The zero-order chi connectivity index (χ0) is 24.3. The van der Waals surface area contributed by atoms with Gasteiger partial charge in [0.25, 0.3) is 10.0 Å². The summed E-state index contributed by atoms with van der Waals surface area (Å²) in [5.74, 6) is -0.574. The fourth-order valence-electron chi connectivity index (χ4n) is 3.04. The lowest BCUT2D eigenvalue weighted by Gasteiger charge is -2.24. The van der Waals surface area contributed by atoms with Gasteiger partial charge >= 0.3 is 0 Å².